The van der Waals surface area contributed by atoms with E-state index in [2.05, 4.69) is 4.90 Å². The Morgan fingerprint density at radius 3 is 2.24 bits per heavy atom. The number of aliphatic hydroxyl groups excluding tert-OH is 1. The van der Waals surface area contributed by atoms with Crippen molar-refractivity contribution in [1.82, 2.24) is 4.90 Å². The minimum atomic E-state index is -0.663. The molecule has 29 heavy (non-hydrogen) atoms. The third-order valence-corrected chi connectivity index (χ3v) is 4.49. The molecule has 6 heteroatoms. The van der Waals surface area contributed by atoms with Gasteiger partial charge in [0.2, 0.25) is 0 Å². The number of hydrogen-bond acceptors (Lipinski definition) is 5. The van der Waals surface area contributed by atoms with Crippen LogP contribution in [0.3, 0.4) is 0 Å². The van der Waals surface area contributed by atoms with E-state index >= 15 is 0 Å². The van der Waals surface area contributed by atoms with E-state index in [1.54, 1.807) is 31.6 Å². The zero-order valence-electron chi connectivity index (χ0n) is 16.5. The maximum absolute atomic E-state index is 13.2. The highest BCUT2D eigenvalue weighted by Crippen LogP contribution is 2.16. The van der Waals surface area contributed by atoms with Crippen molar-refractivity contribution in [2.75, 3.05) is 20.3 Å². The lowest BCUT2D eigenvalue weighted by Gasteiger charge is -2.25. The van der Waals surface area contributed by atoms with Gasteiger partial charge < -0.3 is 19.0 Å². The molecule has 1 aromatic heterocycles. The van der Waals surface area contributed by atoms with Crippen molar-refractivity contribution >= 4 is 0 Å². The molecule has 0 radical (unpaired) electrons. The Hall–Kier alpha value is -2.67. The van der Waals surface area contributed by atoms with Crippen LogP contribution in [0.2, 0.25) is 0 Å². The Morgan fingerprint density at radius 2 is 1.66 bits per heavy atom. The molecule has 154 valence electrons. The van der Waals surface area contributed by atoms with E-state index < -0.39 is 6.10 Å². The first-order chi connectivity index (χ1) is 14.1. The molecule has 0 saturated carbocycles. The molecule has 1 atom stereocenters. The lowest BCUT2D eigenvalue weighted by molar-refractivity contribution is 0.00253. The van der Waals surface area contributed by atoms with E-state index in [0.29, 0.717) is 26.2 Å². The molecule has 5 nitrogen and oxygen atoms in total. The van der Waals surface area contributed by atoms with E-state index in [4.69, 9.17) is 13.9 Å². The van der Waals surface area contributed by atoms with Gasteiger partial charge >= 0.3 is 0 Å². The summed E-state index contributed by atoms with van der Waals surface area (Å²) in [6.07, 6.45) is 0.928. The van der Waals surface area contributed by atoms with Crippen molar-refractivity contribution in [3.05, 3.63) is 89.6 Å². The number of nitrogens with zero attached hydrogens (tertiary/aromatic N) is 1. The normalized spacial score (nSPS) is 12.3. The van der Waals surface area contributed by atoms with E-state index in [9.17, 15) is 9.50 Å². The van der Waals surface area contributed by atoms with E-state index in [1.165, 1.54) is 12.1 Å². The summed E-state index contributed by atoms with van der Waals surface area (Å²) in [5.74, 6) is 1.26. The summed E-state index contributed by atoms with van der Waals surface area (Å²) < 4.78 is 29.2. The van der Waals surface area contributed by atoms with Crippen molar-refractivity contribution in [3.63, 3.8) is 0 Å². The van der Waals surface area contributed by atoms with Crippen LogP contribution >= 0.6 is 0 Å². The molecule has 1 unspecified atom stereocenters. The molecule has 0 fully saturated rings. The largest absolute Gasteiger partial charge is 0.497 e. The quantitative estimate of drug-likeness (QED) is 0.528. The molecule has 0 amide bonds. The number of ether oxygens (including phenoxy) is 2. The molecule has 0 bridgehead atoms. The van der Waals surface area contributed by atoms with E-state index in [-0.39, 0.29) is 12.4 Å². The fraction of sp³-hybridized carbons (Fsp3) is 0.304. The van der Waals surface area contributed by atoms with Crippen LogP contribution in [-0.4, -0.2) is 36.4 Å². The molecule has 0 aliphatic rings. The smallest absolute Gasteiger partial charge is 0.129 e. The average Bonchev–Trinajstić information content (AvgIpc) is 3.24. The summed E-state index contributed by atoms with van der Waals surface area (Å²) in [5, 5.41) is 10.5. The number of halogens is 1. The molecule has 0 aliphatic carbocycles. The van der Waals surface area contributed by atoms with Gasteiger partial charge in [-0.3, -0.25) is 4.90 Å². The van der Waals surface area contributed by atoms with Gasteiger partial charge in [-0.05, 0) is 47.5 Å². The zero-order valence-corrected chi connectivity index (χ0v) is 16.5. The van der Waals surface area contributed by atoms with Crippen LogP contribution in [0.15, 0.2) is 71.3 Å². The van der Waals surface area contributed by atoms with E-state index in [0.717, 1.165) is 22.6 Å². The average molecular weight is 399 g/mol. The van der Waals surface area contributed by atoms with Gasteiger partial charge in [0.25, 0.3) is 0 Å². The molecule has 3 aromatic rings. The first kappa shape index (κ1) is 21.0. The number of aliphatic hydroxyl groups is 1. The molecule has 0 aliphatic heterocycles. The molecule has 0 saturated heterocycles. The first-order valence-corrected chi connectivity index (χ1v) is 9.50. The summed E-state index contributed by atoms with van der Waals surface area (Å²) in [5.41, 5.74) is 2.07. The van der Waals surface area contributed by atoms with Gasteiger partial charge in [-0.25, -0.2) is 4.39 Å². The highest BCUT2D eigenvalue weighted by molar-refractivity contribution is 5.27. The predicted octanol–water partition coefficient (Wildman–Crippen LogP) is 4.01. The summed E-state index contributed by atoms with van der Waals surface area (Å²) in [6.45, 7) is 2.16. The Bertz CT molecular complexity index is 834. The number of rotatable bonds is 11. The number of furan rings is 1. The molecule has 3 rings (SSSR count). The summed E-state index contributed by atoms with van der Waals surface area (Å²) in [7, 11) is 1.63. The lowest BCUT2D eigenvalue weighted by Crippen LogP contribution is -2.34. The molecule has 2 aromatic carbocycles. The zero-order chi connectivity index (χ0) is 20.5. The standard InChI is InChI=1S/C23H26FNO4/c1-27-22-10-6-19(7-11-22)14-25(13-18-4-8-20(24)9-5-18)15-21(26)16-28-17-23-3-2-12-29-23/h2-12,21,26H,13-17H2,1H3. The third kappa shape index (κ3) is 7.02. The molecule has 0 spiro atoms. The van der Waals surface area contributed by atoms with Crippen LogP contribution in [0.5, 0.6) is 5.75 Å². The number of benzene rings is 2. The van der Waals surface area contributed by atoms with Crippen molar-refractivity contribution in [2.45, 2.75) is 25.8 Å². The van der Waals surface area contributed by atoms with Gasteiger partial charge in [0.1, 0.15) is 23.9 Å². The molecular weight excluding hydrogens is 373 g/mol. The van der Waals surface area contributed by atoms with Gasteiger partial charge in [0.15, 0.2) is 0 Å². The van der Waals surface area contributed by atoms with Crippen LogP contribution in [0.4, 0.5) is 4.39 Å². The minimum Gasteiger partial charge on any atom is -0.497 e. The SMILES string of the molecule is COc1ccc(CN(Cc2ccc(F)cc2)CC(O)COCc2ccco2)cc1. The second-order valence-corrected chi connectivity index (χ2v) is 6.89. The Balaban J connectivity index is 1.59. The van der Waals surface area contributed by atoms with Crippen LogP contribution in [0.1, 0.15) is 16.9 Å². The van der Waals surface area contributed by atoms with Crippen LogP contribution < -0.4 is 4.74 Å². The minimum absolute atomic E-state index is 0.198. The van der Waals surface area contributed by atoms with Gasteiger partial charge in [-0.1, -0.05) is 24.3 Å². The summed E-state index contributed by atoms with van der Waals surface area (Å²) in [4.78, 5) is 2.11. The highest BCUT2D eigenvalue weighted by atomic mass is 19.1. The lowest BCUT2D eigenvalue weighted by atomic mass is 10.1. The molecule has 1 N–H and O–H groups in total. The third-order valence-electron chi connectivity index (χ3n) is 4.49. The van der Waals surface area contributed by atoms with Crippen molar-refractivity contribution < 1.29 is 23.4 Å². The van der Waals surface area contributed by atoms with E-state index in [1.807, 2.05) is 30.3 Å². The van der Waals surface area contributed by atoms with Crippen molar-refractivity contribution in [1.29, 1.82) is 0 Å². The highest BCUT2D eigenvalue weighted by Gasteiger charge is 2.14. The Morgan fingerprint density at radius 1 is 1.00 bits per heavy atom. The monoisotopic (exact) mass is 399 g/mol. The molecular formula is C23H26FNO4. The fourth-order valence-corrected chi connectivity index (χ4v) is 3.06. The van der Waals surface area contributed by atoms with Gasteiger partial charge in [0, 0.05) is 19.6 Å². The van der Waals surface area contributed by atoms with Crippen LogP contribution in [-0.2, 0) is 24.4 Å². The maximum Gasteiger partial charge on any atom is 0.129 e. The maximum atomic E-state index is 13.2. The second-order valence-electron chi connectivity index (χ2n) is 6.89. The second kappa shape index (κ2) is 10.8. The summed E-state index contributed by atoms with van der Waals surface area (Å²) >= 11 is 0. The Labute approximate surface area is 170 Å². The Kier molecular flexibility index (Phi) is 7.81. The van der Waals surface area contributed by atoms with Crippen LogP contribution in [0, 0.1) is 5.82 Å². The van der Waals surface area contributed by atoms with Gasteiger partial charge in [-0.15, -0.1) is 0 Å². The summed E-state index contributed by atoms with van der Waals surface area (Å²) in [6, 6.07) is 17.9. The van der Waals surface area contributed by atoms with Gasteiger partial charge in [0.05, 0.1) is 26.1 Å². The fourth-order valence-electron chi connectivity index (χ4n) is 3.06. The van der Waals surface area contributed by atoms with Crippen LogP contribution in [0.25, 0.3) is 0 Å². The first-order valence-electron chi connectivity index (χ1n) is 9.50. The van der Waals surface area contributed by atoms with Crippen molar-refractivity contribution in [2.24, 2.45) is 0 Å². The van der Waals surface area contributed by atoms with Crippen molar-refractivity contribution in [3.8, 4) is 5.75 Å². The molecule has 1 heterocycles. The number of hydrogen-bond donors (Lipinski definition) is 1. The number of methoxy groups -OCH3 is 1. The predicted molar refractivity (Wildman–Crippen MR) is 108 cm³/mol. The topological polar surface area (TPSA) is 55.1 Å². The van der Waals surface area contributed by atoms with Gasteiger partial charge in [-0.2, -0.15) is 0 Å².